The SMILES string of the molecule is CCCCC1(CNCCOC)CC1. The van der Waals surface area contributed by atoms with Crippen LogP contribution in [0.15, 0.2) is 0 Å². The number of unbranched alkanes of at least 4 members (excludes halogenated alkanes) is 1. The maximum absolute atomic E-state index is 5.00. The largest absolute Gasteiger partial charge is 0.383 e. The fourth-order valence-corrected chi connectivity index (χ4v) is 1.77. The highest BCUT2D eigenvalue weighted by Crippen LogP contribution is 2.49. The maximum atomic E-state index is 5.00. The predicted molar refractivity (Wildman–Crippen MR) is 55.9 cm³/mol. The van der Waals surface area contributed by atoms with E-state index in [-0.39, 0.29) is 0 Å². The molecule has 0 spiro atoms. The lowest BCUT2D eigenvalue weighted by Gasteiger charge is -2.15. The van der Waals surface area contributed by atoms with Crippen LogP contribution in [0.5, 0.6) is 0 Å². The van der Waals surface area contributed by atoms with Crippen molar-refractivity contribution in [1.29, 1.82) is 0 Å². The molecule has 1 N–H and O–H groups in total. The fraction of sp³-hybridized carbons (Fsp3) is 1.00. The van der Waals surface area contributed by atoms with Crippen molar-refractivity contribution in [2.24, 2.45) is 5.41 Å². The first-order valence-electron chi connectivity index (χ1n) is 5.53. The monoisotopic (exact) mass is 185 g/mol. The molecule has 2 nitrogen and oxygen atoms in total. The summed E-state index contributed by atoms with van der Waals surface area (Å²) in [5.74, 6) is 0. The van der Waals surface area contributed by atoms with Gasteiger partial charge in [-0.05, 0) is 24.7 Å². The lowest BCUT2D eigenvalue weighted by Crippen LogP contribution is -2.27. The maximum Gasteiger partial charge on any atom is 0.0587 e. The van der Waals surface area contributed by atoms with Crippen LogP contribution in [0.4, 0.5) is 0 Å². The second-order valence-corrected chi connectivity index (χ2v) is 4.27. The standard InChI is InChI=1S/C11H23NO/c1-3-4-5-11(6-7-11)10-12-8-9-13-2/h12H,3-10H2,1-2H3. The van der Waals surface area contributed by atoms with Crippen molar-refractivity contribution in [2.45, 2.75) is 39.0 Å². The molecule has 0 heterocycles. The summed E-state index contributed by atoms with van der Waals surface area (Å²) in [5, 5.41) is 3.47. The van der Waals surface area contributed by atoms with E-state index in [2.05, 4.69) is 12.2 Å². The van der Waals surface area contributed by atoms with Crippen LogP contribution in [0.1, 0.15) is 39.0 Å². The molecule has 0 unspecified atom stereocenters. The molecule has 1 saturated carbocycles. The summed E-state index contributed by atoms with van der Waals surface area (Å²) in [6.45, 7) is 5.32. The first-order valence-corrected chi connectivity index (χ1v) is 5.53. The lowest BCUT2D eigenvalue weighted by atomic mass is 9.99. The molecule has 13 heavy (non-hydrogen) atoms. The summed E-state index contributed by atoms with van der Waals surface area (Å²) in [4.78, 5) is 0. The summed E-state index contributed by atoms with van der Waals surface area (Å²) in [5.41, 5.74) is 0.684. The van der Waals surface area contributed by atoms with Gasteiger partial charge in [-0.3, -0.25) is 0 Å². The number of rotatable bonds is 8. The lowest BCUT2D eigenvalue weighted by molar-refractivity contribution is 0.196. The van der Waals surface area contributed by atoms with Crippen LogP contribution in [0.3, 0.4) is 0 Å². The van der Waals surface area contributed by atoms with E-state index in [4.69, 9.17) is 4.74 Å². The van der Waals surface area contributed by atoms with Crippen LogP contribution < -0.4 is 5.32 Å². The topological polar surface area (TPSA) is 21.3 Å². The van der Waals surface area contributed by atoms with Gasteiger partial charge in [-0.25, -0.2) is 0 Å². The summed E-state index contributed by atoms with van der Waals surface area (Å²) in [7, 11) is 1.76. The van der Waals surface area contributed by atoms with Gasteiger partial charge in [-0.15, -0.1) is 0 Å². The van der Waals surface area contributed by atoms with Gasteiger partial charge >= 0.3 is 0 Å². The van der Waals surface area contributed by atoms with Crippen LogP contribution in [0.25, 0.3) is 0 Å². The zero-order chi connectivity index (χ0) is 9.57. The Morgan fingerprint density at radius 3 is 2.69 bits per heavy atom. The second-order valence-electron chi connectivity index (χ2n) is 4.27. The third kappa shape index (κ3) is 4.10. The van der Waals surface area contributed by atoms with E-state index in [0.717, 1.165) is 13.2 Å². The Bertz CT molecular complexity index is 132. The molecule has 2 heteroatoms. The van der Waals surface area contributed by atoms with E-state index < -0.39 is 0 Å². The predicted octanol–water partition coefficient (Wildman–Crippen LogP) is 2.19. The molecule has 0 aliphatic heterocycles. The molecule has 0 aromatic heterocycles. The molecule has 1 fully saturated rings. The number of hydrogen-bond donors (Lipinski definition) is 1. The molecule has 0 saturated heterocycles. The Balaban J connectivity index is 1.99. The van der Waals surface area contributed by atoms with Crippen LogP contribution in [0.2, 0.25) is 0 Å². The van der Waals surface area contributed by atoms with Crippen molar-refractivity contribution in [3.8, 4) is 0 Å². The molecule has 0 aromatic rings. The Labute approximate surface area is 82.0 Å². The zero-order valence-corrected chi connectivity index (χ0v) is 9.07. The minimum absolute atomic E-state index is 0.684. The van der Waals surface area contributed by atoms with Gasteiger partial charge < -0.3 is 10.1 Å². The average molecular weight is 185 g/mol. The van der Waals surface area contributed by atoms with Crippen molar-refractivity contribution in [3.05, 3.63) is 0 Å². The number of ether oxygens (including phenoxy) is 1. The summed E-state index contributed by atoms with van der Waals surface area (Å²) in [6, 6.07) is 0. The summed E-state index contributed by atoms with van der Waals surface area (Å²) in [6.07, 6.45) is 7.02. The highest BCUT2D eigenvalue weighted by atomic mass is 16.5. The number of nitrogens with one attached hydrogen (secondary N) is 1. The Morgan fingerprint density at radius 1 is 1.38 bits per heavy atom. The summed E-state index contributed by atoms with van der Waals surface area (Å²) >= 11 is 0. The molecule has 1 rings (SSSR count). The van der Waals surface area contributed by atoms with Crippen LogP contribution in [-0.4, -0.2) is 26.8 Å². The Kier molecular flexibility index (Phi) is 4.74. The number of methoxy groups -OCH3 is 1. The Morgan fingerprint density at radius 2 is 2.15 bits per heavy atom. The third-order valence-corrected chi connectivity index (χ3v) is 3.00. The Hall–Kier alpha value is -0.0800. The van der Waals surface area contributed by atoms with Gasteiger partial charge in [-0.2, -0.15) is 0 Å². The molecule has 1 aliphatic carbocycles. The van der Waals surface area contributed by atoms with Crippen LogP contribution in [0, 0.1) is 5.41 Å². The molecule has 78 valence electrons. The zero-order valence-electron chi connectivity index (χ0n) is 9.07. The van der Waals surface area contributed by atoms with Crippen LogP contribution in [-0.2, 0) is 4.74 Å². The summed E-state index contributed by atoms with van der Waals surface area (Å²) < 4.78 is 5.00. The van der Waals surface area contributed by atoms with Crippen LogP contribution >= 0.6 is 0 Å². The normalized spacial score (nSPS) is 18.9. The highest BCUT2D eigenvalue weighted by Gasteiger charge is 2.40. The van der Waals surface area contributed by atoms with Crippen molar-refractivity contribution in [1.82, 2.24) is 5.32 Å². The van der Waals surface area contributed by atoms with E-state index in [1.807, 2.05) is 0 Å². The quantitative estimate of drug-likeness (QED) is 0.585. The molecule has 0 bridgehead atoms. The molecule has 1 aliphatic rings. The van der Waals surface area contributed by atoms with Gasteiger partial charge in [0.2, 0.25) is 0 Å². The minimum atomic E-state index is 0.684. The number of hydrogen-bond acceptors (Lipinski definition) is 2. The van der Waals surface area contributed by atoms with Gasteiger partial charge in [0.05, 0.1) is 6.61 Å². The highest BCUT2D eigenvalue weighted by molar-refractivity contribution is 4.94. The molecule has 0 aromatic carbocycles. The molecule has 0 atom stereocenters. The van der Waals surface area contributed by atoms with E-state index in [1.165, 1.54) is 38.6 Å². The van der Waals surface area contributed by atoms with Crippen molar-refractivity contribution in [3.63, 3.8) is 0 Å². The first kappa shape index (κ1) is 11.0. The van der Waals surface area contributed by atoms with Gasteiger partial charge in [-0.1, -0.05) is 19.8 Å². The van der Waals surface area contributed by atoms with Gasteiger partial charge in [0.25, 0.3) is 0 Å². The first-order chi connectivity index (χ1) is 6.33. The van der Waals surface area contributed by atoms with Crippen molar-refractivity contribution >= 4 is 0 Å². The van der Waals surface area contributed by atoms with Gasteiger partial charge in [0.15, 0.2) is 0 Å². The molecular formula is C11H23NO. The van der Waals surface area contributed by atoms with Gasteiger partial charge in [0.1, 0.15) is 0 Å². The average Bonchev–Trinajstić information content (AvgIpc) is 2.91. The fourth-order valence-electron chi connectivity index (χ4n) is 1.77. The van der Waals surface area contributed by atoms with E-state index >= 15 is 0 Å². The molecular weight excluding hydrogens is 162 g/mol. The minimum Gasteiger partial charge on any atom is -0.383 e. The third-order valence-electron chi connectivity index (χ3n) is 3.00. The van der Waals surface area contributed by atoms with E-state index in [1.54, 1.807) is 7.11 Å². The molecule has 0 amide bonds. The smallest absolute Gasteiger partial charge is 0.0587 e. The second kappa shape index (κ2) is 5.61. The van der Waals surface area contributed by atoms with E-state index in [9.17, 15) is 0 Å². The van der Waals surface area contributed by atoms with Crippen molar-refractivity contribution < 1.29 is 4.74 Å². The molecule has 0 radical (unpaired) electrons. The van der Waals surface area contributed by atoms with Crippen molar-refractivity contribution in [2.75, 3.05) is 26.8 Å². The van der Waals surface area contributed by atoms with Gasteiger partial charge in [0, 0.05) is 20.2 Å². The van der Waals surface area contributed by atoms with E-state index in [0.29, 0.717) is 5.41 Å².